The van der Waals surface area contributed by atoms with Gasteiger partial charge in [-0.15, -0.1) is 0 Å². The fourth-order valence-electron chi connectivity index (χ4n) is 1.35. The third-order valence-corrected chi connectivity index (χ3v) is 1.97. The summed E-state index contributed by atoms with van der Waals surface area (Å²) in [4.78, 5) is 0. The van der Waals surface area contributed by atoms with Gasteiger partial charge in [-0.05, 0) is 33.1 Å². The standard InChI is InChI=1S/C8H15N.C2H6/c1-7(2)9-8(3)5-4-6-8;1-2/h9H,1,4-6H2,2-3H3;1-2H3. The Labute approximate surface area is 70.9 Å². The molecule has 1 aliphatic carbocycles. The van der Waals surface area contributed by atoms with Crippen molar-refractivity contribution in [3.8, 4) is 0 Å². The van der Waals surface area contributed by atoms with Crippen molar-refractivity contribution in [3.05, 3.63) is 12.3 Å². The van der Waals surface area contributed by atoms with Gasteiger partial charge in [0.05, 0.1) is 0 Å². The summed E-state index contributed by atoms with van der Waals surface area (Å²) in [5.41, 5.74) is 1.49. The van der Waals surface area contributed by atoms with Crippen LogP contribution < -0.4 is 5.32 Å². The Kier molecular flexibility index (Phi) is 4.24. The van der Waals surface area contributed by atoms with Crippen molar-refractivity contribution in [2.45, 2.75) is 52.5 Å². The van der Waals surface area contributed by atoms with Gasteiger partial charge in [0.15, 0.2) is 0 Å². The van der Waals surface area contributed by atoms with Crippen LogP contribution in [0.25, 0.3) is 0 Å². The van der Waals surface area contributed by atoms with E-state index in [4.69, 9.17) is 0 Å². The van der Waals surface area contributed by atoms with Crippen LogP contribution in [0.2, 0.25) is 0 Å². The molecule has 0 aromatic heterocycles. The SMILES string of the molecule is C=C(C)NC1(C)CCC1.CC. The number of nitrogens with one attached hydrogen (secondary N) is 1. The summed E-state index contributed by atoms with van der Waals surface area (Å²) in [5.74, 6) is 0. The molecular weight excluding hydrogens is 134 g/mol. The highest BCUT2D eigenvalue weighted by molar-refractivity contribution is 5.00. The second kappa shape index (κ2) is 4.42. The molecule has 1 nitrogen and oxygen atoms in total. The lowest BCUT2D eigenvalue weighted by atomic mass is 9.78. The lowest BCUT2D eigenvalue weighted by Gasteiger charge is -2.40. The number of rotatable bonds is 2. The second-order valence-electron chi connectivity index (χ2n) is 3.32. The van der Waals surface area contributed by atoms with Crippen molar-refractivity contribution in [1.29, 1.82) is 0 Å². The van der Waals surface area contributed by atoms with Crippen molar-refractivity contribution >= 4 is 0 Å². The predicted molar refractivity (Wildman–Crippen MR) is 51.6 cm³/mol. The number of allylic oxidation sites excluding steroid dienone is 1. The average molecular weight is 155 g/mol. The molecule has 1 N–H and O–H groups in total. The van der Waals surface area contributed by atoms with Crippen molar-refractivity contribution in [2.24, 2.45) is 0 Å². The summed E-state index contributed by atoms with van der Waals surface area (Å²) in [7, 11) is 0. The fraction of sp³-hybridized carbons (Fsp3) is 0.800. The predicted octanol–water partition coefficient (Wildman–Crippen LogP) is 3.08. The second-order valence-corrected chi connectivity index (χ2v) is 3.32. The highest BCUT2D eigenvalue weighted by atomic mass is 15.0. The maximum Gasteiger partial charge on any atom is 0.0342 e. The van der Waals surface area contributed by atoms with Gasteiger partial charge in [-0.1, -0.05) is 20.4 Å². The molecule has 66 valence electrons. The van der Waals surface area contributed by atoms with Gasteiger partial charge in [0.2, 0.25) is 0 Å². The zero-order valence-corrected chi connectivity index (χ0v) is 8.33. The smallest absolute Gasteiger partial charge is 0.0342 e. The first-order valence-corrected chi connectivity index (χ1v) is 4.56. The van der Waals surface area contributed by atoms with E-state index in [2.05, 4.69) is 18.8 Å². The van der Waals surface area contributed by atoms with E-state index in [1.54, 1.807) is 0 Å². The molecule has 0 amide bonds. The molecule has 0 spiro atoms. The number of hydrogen-bond acceptors (Lipinski definition) is 1. The van der Waals surface area contributed by atoms with E-state index in [0.29, 0.717) is 5.54 Å². The van der Waals surface area contributed by atoms with Crippen LogP contribution >= 0.6 is 0 Å². The zero-order chi connectivity index (χ0) is 8.91. The Hall–Kier alpha value is -0.460. The first-order chi connectivity index (χ1) is 5.12. The van der Waals surface area contributed by atoms with Crippen LogP contribution in [-0.2, 0) is 0 Å². The normalized spacial score (nSPS) is 18.9. The third-order valence-electron chi connectivity index (χ3n) is 1.97. The minimum absolute atomic E-state index is 0.395. The average Bonchev–Trinajstić information content (AvgIpc) is 1.88. The minimum Gasteiger partial charge on any atom is -0.384 e. The summed E-state index contributed by atoms with van der Waals surface area (Å²) < 4.78 is 0. The van der Waals surface area contributed by atoms with Crippen LogP contribution in [0.5, 0.6) is 0 Å². The van der Waals surface area contributed by atoms with Crippen molar-refractivity contribution in [3.63, 3.8) is 0 Å². The molecule has 0 bridgehead atoms. The molecular formula is C10H21N. The summed E-state index contributed by atoms with van der Waals surface area (Å²) in [6.07, 6.45) is 3.98. The molecule has 0 atom stereocenters. The van der Waals surface area contributed by atoms with Gasteiger partial charge in [0.1, 0.15) is 0 Å². The van der Waals surface area contributed by atoms with Crippen molar-refractivity contribution in [2.75, 3.05) is 0 Å². The van der Waals surface area contributed by atoms with Gasteiger partial charge in [-0.3, -0.25) is 0 Å². The quantitative estimate of drug-likeness (QED) is 0.646. The molecule has 1 fully saturated rings. The van der Waals surface area contributed by atoms with Gasteiger partial charge in [-0.25, -0.2) is 0 Å². The Bertz CT molecular complexity index is 123. The molecule has 0 heterocycles. The highest BCUT2D eigenvalue weighted by Gasteiger charge is 2.30. The Morgan fingerprint density at radius 3 is 1.91 bits per heavy atom. The lowest BCUT2D eigenvalue weighted by Crippen LogP contribution is -2.46. The van der Waals surface area contributed by atoms with Crippen LogP contribution in [0.1, 0.15) is 47.0 Å². The molecule has 1 heteroatoms. The summed E-state index contributed by atoms with van der Waals surface area (Å²) in [6, 6.07) is 0. The molecule has 0 aromatic carbocycles. The van der Waals surface area contributed by atoms with Crippen molar-refractivity contribution < 1.29 is 0 Å². The molecule has 0 unspecified atom stereocenters. The van der Waals surface area contributed by atoms with Crippen molar-refractivity contribution in [1.82, 2.24) is 5.32 Å². The summed E-state index contributed by atoms with van der Waals surface area (Å²) in [5, 5.41) is 3.36. The van der Waals surface area contributed by atoms with E-state index < -0.39 is 0 Å². The van der Waals surface area contributed by atoms with Crippen LogP contribution in [0.3, 0.4) is 0 Å². The monoisotopic (exact) mass is 155 g/mol. The lowest BCUT2D eigenvalue weighted by molar-refractivity contribution is 0.228. The molecule has 0 aliphatic heterocycles. The van der Waals surface area contributed by atoms with E-state index in [1.807, 2.05) is 20.8 Å². The maximum absolute atomic E-state index is 3.81. The summed E-state index contributed by atoms with van der Waals surface area (Å²) >= 11 is 0. The molecule has 0 saturated heterocycles. The molecule has 0 radical (unpaired) electrons. The van der Waals surface area contributed by atoms with Gasteiger partial charge in [-0.2, -0.15) is 0 Å². The van der Waals surface area contributed by atoms with Crippen LogP contribution in [0.4, 0.5) is 0 Å². The maximum atomic E-state index is 3.81. The Balaban J connectivity index is 0.000000461. The Morgan fingerprint density at radius 1 is 1.36 bits per heavy atom. The van der Waals surface area contributed by atoms with Gasteiger partial charge in [0, 0.05) is 11.2 Å². The van der Waals surface area contributed by atoms with E-state index >= 15 is 0 Å². The number of hydrogen-bond donors (Lipinski definition) is 1. The third kappa shape index (κ3) is 3.45. The minimum atomic E-state index is 0.395. The molecule has 1 rings (SSSR count). The first-order valence-electron chi connectivity index (χ1n) is 4.56. The zero-order valence-electron chi connectivity index (χ0n) is 8.33. The molecule has 1 saturated carbocycles. The molecule has 0 aromatic rings. The van der Waals surface area contributed by atoms with Gasteiger partial charge in [0.25, 0.3) is 0 Å². The van der Waals surface area contributed by atoms with E-state index in [0.717, 1.165) is 5.70 Å². The van der Waals surface area contributed by atoms with E-state index in [1.165, 1.54) is 19.3 Å². The highest BCUT2D eigenvalue weighted by Crippen LogP contribution is 2.31. The topological polar surface area (TPSA) is 12.0 Å². The van der Waals surface area contributed by atoms with E-state index in [9.17, 15) is 0 Å². The fourth-order valence-corrected chi connectivity index (χ4v) is 1.35. The van der Waals surface area contributed by atoms with Crippen LogP contribution in [0.15, 0.2) is 12.3 Å². The molecule has 1 aliphatic rings. The largest absolute Gasteiger partial charge is 0.384 e. The van der Waals surface area contributed by atoms with Gasteiger partial charge >= 0.3 is 0 Å². The van der Waals surface area contributed by atoms with Gasteiger partial charge < -0.3 is 5.32 Å². The van der Waals surface area contributed by atoms with Crippen LogP contribution in [-0.4, -0.2) is 5.54 Å². The van der Waals surface area contributed by atoms with Crippen LogP contribution in [0, 0.1) is 0 Å². The Morgan fingerprint density at radius 2 is 1.82 bits per heavy atom. The molecule has 11 heavy (non-hydrogen) atoms. The summed E-state index contributed by atoms with van der Waals surface area (Å²) in [6.45, 7) is 12.1. The first kappa shape index (κ1) is 10.5. The van der Waals surface area contributed by atoms with E-state index in [-0.39, 0.29) is 0 Å².